The van der Waals surface area contributed by atoms with Crippen LogP contribution >= 0.6 is 0 Å². The third-order valence-corrected chi connectivity index (χ3v) is 6.90. The molecule has 1 aliphatic heterocycles. The van der Waals surface area contributed by atoms with E-state index >= 15 is 0 Å². The van der Waals surface area contributed by atoms with Crippen LogP contribution in [0.5, 0.6) is 5.75 Å². The first kappa shape index (κ1) is 22.6. The van der Waals surface area contributed by atoms with E-state index in [9.17, 15) is 9.59 Å². The SMILES string of the molecule is CCn1cc(C(=O)N2CCO[C@H](C(C)C)C2)c(=O)c2cc(OC3Cc4ccccc4C3)cnc21. The summed E-state index contributed by atoms with van der Waals surface area (Å²) in [5, 5.41) is 0.411. The molecule has 7 heteroatoms. The van der Waals surface area contributed by atoms with Gasteiger partial charge in [0.05, 0.1) is 24.3 Å². The van der Waals surface area contributed by atoms with Crippen LogP contribution in [0.2, 0.25) is 0 Å². The predicted octanol–water partition coefficient (Wildman–Crippen LogP) is 3.46. The number of fused-ring (bicyclic) bond motifs is 2. The fourth-order valence-electron chi connectivity index (χ4n) is 4.94. The van der Waals surface area contributed by atoms with Crippen molar-refractivity contribution in [2.24, 2.45) is 5.92 Å². The maximum absolute atomic E-state index is 13.5. The summed E-state index contributed by atoms with van der Waals surface area (Å²) in [5.74, 6) is 0.603. The van der Waals surface area contributed by atoms with Crippen molar-refractivity contribution in [1.82, 2.24) is 14.5 Å². The summed E-state index contributed by atoms with van der Waals surface area (Å²) in [5.41, 5.74) is 3.03. The zero-order valence-corrected chi connectivity index (χ0v) is 20.0. The molecule has 0 bridgehead atoms. The molecule has 1 amide bonds. The Bertz CT molecular complexity index is 1260. The molecule has 3 aromatic rings. The van der Waals surface area contributed by atoms with Crippen molar-refractivity contribution in [1.29, 1.82) is 0 Å². The molecular weight excluding hydrogens is 430 g/mol. The van der Waals surface area contributed by atoms with Crippen LogP contribution in [0.15, 0.2) is 47.5 Å². The Morgan fingerprint density at radius 3 is 2.65 bits per heavy atom. The van der Waals surface area contributed by atoms with Crippen molar-refractivity contribution < 1.29 is 14.3 Å². The minimum Gasteiger partial charge on any atom is -0.488 e. The van der Waals surface area contributed by atoms with Crippen molar-refractivity contribution in [3.63, 3.8) is 0 Å². The average molecular weight is 462 g/mol. The van der Waals surface area contributed by atoms with Gasteiger partial charge in [0.2, 0.25) is 5.43 Å². The van der Waals surface area contributed by atoms with Gasteiger partial charge in [-0.1, -0.05) is 38.1 Å². The summed E-state index contributed by atoms with van der Waals surface area (Å²) in [6, 6.07) is 10.1. The van der Waals surface area contributed by atoms with Gasteiger partial charge in [-0.05, 0) is 30.0 Å². The predicted molar refractivity (Wildman–Crippen MR) is 130 cm³/mol. The molecule has 0 N–H and O–H groups in total. The van der Waals surface area contributed by atoms with Gasteiger partial charge in [0.15, 0.2) is 0 Å². The summed E-state index contributed by atoms with van der Waals surface area (Å²) < 4.78 is 13.9. The van der Waals surface area contributed by atoms with Gasteiger partial charge in [0.25, 0.3) is 5.91 Å². The van der Waals surface area contributed by atoms with Gasteiger partial charge in [0, 0.05) is 38.7 Å². The molecule has 0 spiro atoms. The highest BCUT2D eigenvalue weighted by molar-refractivity contribution is 5.97. The lowest BCUT2D eigenvalue weighted by molar-refractivity contribution is -0.0421. The number of aromatic nitrogens is 2. The molecular formula is C27H31N3O4. The van der Waals surface area contributed by atoms with Crippen molar-refractivity contribution in [2.75, 3.05) is 19.7 Å². The standard InChI is InChI=1S/C27H31N3O4/c1-4-29-15-23(27(32)30-9-10-33-24(16-30)17(2)3)25(31)22-13-21(14-28-26(22)29)34-20-11-18-7-5-6-8-19(18)12-20/h5-8,13-15,17,20,24H,4,9-12,16H2,1-3H3/t24-/m0/s1. The maximum atomic E-state index is 13.5. The van der Waals surface area contributed by atoms with Crippen LogP contribution in [0.4, 0.5) is 0 Å². The van der Waals surface area contributed by atoms with Crippen molar-refractivity contribution >= 4 is 16.9 Å². The summed E-state index contributed by atoms with van der Waals surface area (Å²) in [4.78, 5) is 33.2. The van der Waals surface area contributed by atoms with Gasteiger partial charge in [-0.25, -0.2) is 4.98 Å². The number of carbonyl (C=O) groups excluding carboxylic acids is 1. The van der Waals surface area contributed by atoms with Crippen LogP contribution in [0.3, 0.4) is 0 Å². The smallest absolute Gasteiger partial charge is 0.259 e. The van der Waals surface area contributed by atoms with Crippen molar-refractivity contribution in [3.8, 4) is 5.75 Å². The number of hydrogen-bond donors (Lipinski definition) is 0. The van der Waals surface area contributed by atoms with Gasteiger partial charge in [-0.3, -0.25) is 9.59 Å². The normalized spacial score (nSPS) is 18.5. The van der Waals surface area contributed by atoms with Crippen LogP contribution in [0, 0.1) is 5.92 Å². The first-order valence-electron chi connectivity index (χ1n) is 12.1. The highest BCUT2D eigenvalue weighted by Crippen LogP contribution is 2.26. The van der Waals surface area contributed by atoms with E-state index in [1.165, 1.54) is 11.1 Å². The number of carbonyl (C=O) groups is 1. The lowest BCUT2D eigenvalue weighted by Crippen LogP contribution is -2.48. The van der Waals surface area contributed by atoms with Crippen LogP contribution < -0.4 is 10.2 Å². The second-order valence-electron chi connectivity index (χ2n) is 9.52. The van der Waals surface area contributed by atoms with E-state index in [1.54, 1.807) is 23.4 Å². The summed E-state index contributed by atoms with van der Waals surface area (Å²) in [6.07, 6.45) is 4.97. The molecule has 5 rings (SSSR count). The van der Waals surface area contributed by atoms with E-state index in [0.717, 1.165) is 12.8 Å². The monoisotopic (exact) mass is 461 g/mol. The van der Waals surface area contributed by atoms with Gasteiger partial charge >= 0.3 is 0 Å². The van der Waals surface area contributed by atoms with Gasteiger partial charge in [0.1, 0.15) is 23.1 Å². The maximum Gasteiger partial charge on any atom is 0.259 e. The van der Waals surface area contributed by atoms with Crippen LogP contribution in [-0.2, 0) is 24.1 Å². The molecule has 178 valence electrons. The number of aryl methyl sites for hydroxylation is 1. The minimum absolute atomic E-state index is 0.0104. The van der Waals surface area contributed by atoms with Crippen LogP contribution in [-0.4, -0.2) is 52.3 Å². The molecule has 1 atom stereocenters. The Morgan fingerprint density at radius 2 is 1.97 bits per heavy atom. The van der Waals surface area contributed by atoms with Crippen molar-refractivity contribution in [3.05, 3.63) is 69.6 Å². The first-order valence-corrected chi connectivity index (χ1v) is 12.1. The zero-order valence-electron chi connectivity index (χ0n) is 20.0. The Balaban J connectivity index is 1.45. The molecule has 1 aromatic carbocycles. The molecule has 0 saturated carbocycles. The third kappa shape index (κ3) is 4.20. The summed E-state index contributed by atoms with van der Waals surface area (Å²) >= 11 is 0. The van der Waals surface area contributed by atoms with E-state index in [-0.39, 0.29) is 29.1 Å². The Kier molecular flexibility index (Phi) is 6.13. The van der Waals surface area contributed by atoms with E-state index in [2.05, 4.69) is 31.0 Å². The highest BCUT2D eigenvalue weighted by Gasteiger charge is 2.29. The van der Waals surface area contributed by atoms with Gasteiger partial charge in [-0.2, -0.15) is 0 Å². The molecule has 0 radical (unpaired) electrons. The lowest BCUT2D eigenvalue weighted by atomic mass is 10.0. The number of rotatable bonds is 5. The number of morpholine rings is 1. The molecule has 0 unspecified atom stereocenters. The fraction of sp³-hybridized carbons (Fsp3) is 0.444. The van der Waals surface area contributed by atoms with E-state index < -0.39 is 0 Å². The largest absolute Gasteiger partial charge is 0.488 e. The molecule has 2 aromatic heterocycles. The Morgan fingerprint density at radius 1 is 1.24 bits per heavy atom. The average Bonchev–Trinajstić information content (AvgIpc) is 3.26. The second-order valence-corrected chi connectivity index (χ2v) is 9.52. The van der Waals surface area contributed by atoms with Crippen molar-refractivity contribution in [2.45, 2.75) is 52.4 Å². The molecule has 7 nitrogen and oxygen atoms in total. The van der Waals surface area contributed by atoms with Gasteiger partial charge in [-0.15, -0.1) is 0 Å². The number of pyridine rings is 2. The second kappa shape index (κ2) is 9.22. The summed E-state index contributed by atoms with van der Waals surface area (Å²) in [6.45, 7) is 8.18. The number of nitrogens with zero attached hydrogens (tertiary/aromatic N) is 3. The molecule has 3 heterocycles. The Labute approximate surface area is 199 Å². The molecule has 1 fully saturated rings. The lowest BCUT2D eigenvalue weighted by Gasteiger charge is -2.34. The number of amides is 1. The highest BCUT2D eigenvalue weighted by atomic mass is 16.5. The van der Waals surface area contributed by atoms with E-state index in [0.29, 0.717) is 48.9 Å². The number of ether oxygens (including phenoxy) is 2. The quantitative estimate of drug-likeness (QED) is 0.582. The topological polar surface area (TPSA) is 73.7 Å². The Hall–Kier alpha value is -3.19. The van der Waals surface area contributed by atoms with E-state index in [1.807, 2.05) is 23.6 Å². The number of benzene rings is 1. The van der Waals surface area contributed by atoms with Gasteiger partial charge < -0.3 is 18.9 Å². The fourth-order valence-corrected chi connectivity index (χ4v) is 4.94. The molecule has 1 aliphatic carbocycles. The zero-order chi connectivity index (χ0) is 23.8. The first-order chi connectivity index (χ1) is 16.4. The molecule has 2 aliphatic rings. The molecule has 1 saturated heterocycles. The van der Waals surface area contributed by atoms with Crippen LogP contribution in [0.1, 0.15) is 42.3 Å². The third-order valence-electron chi connectivity index (χ3n) is 6.90. The minimum atomic E-state index is -0.301. The number of hydrogen-bond acceptors (Lipinski definition) is 5. The van der Waals surface area contributed by atoms with E-state index in [4.69, 9.17) is 9.47 Å². The van der Waals surface area contributed by atoms with Crippen LogP contribution in [0.25, 0.3) is 11.0 Å². The molecule has 34 heavy (non-hydrogen) atoms. The summed E-state index contributed by atoms with van der Waals surface area (Å²) in [7, 11) is 0.